The van der Waals surface area contributed by atoms with Gasteiger partial charge in [0.25, 0.3) is 5.91 Å². The van der Waals surface area contributed by atoms with Gasteiger partial charge < -0.3 is 16.0 Å². The summed E-state index contributed by atoms with van der Waals surface area (Å²) in [4.78, 5) is 35.9. The number of aromatic nitrogens is 2. The number of hydrogen-bond acceptors (Lipinski definition) is 6. The third-order valence-corrected chi connectivity index (χ3v) is 5.95. The minimum Gasteiger partial charge on any atom is -0.381 e. The predicted octanol–water partition coefficient (Wildman–Crippen LogP) is 3.05. The Balaban J connectivity index is 1.56. The van der Waals surface area contributed by atoms with E-state index in [-0.39, 0.29) is 25.4 Å². The van der Waals surface area contributed by atoms with Crippen LogP contribution in [0.2, 0.25) is 10.0 Å². The van der Waals surface area contributed by atoms with Crippen molar-refractivity contribution in [2.75, 3.05) is 29.0 Å². The first-order valence-electron chi connectivity index (χ1n) is 9.99. The summed E-state index contributed by atoms with van der Waals surface area (Å²) in [5.41, 5.74) is 6.03. The van der Waals surface area contributed by atoms with E-state index in [2.05, 4.69) is 15.3 Å². The number of anilines is 3. The van der Waals surface area contributed by atoms with Crippen molar-refractivity contribution in [1.29, 1.82) is 0 Å². The second kappa shape index (κ2) is 9.03. The monoisotopic (exact) mass is 484 g/mol. The van der Waals surface area contributed by atoms with Gasteiger partial charge in [0.1, 0.15) is 24.6 Å². The number of benzene rings is 1. The normalized spacial score (nSPS) is 24.1. The Morgan fingerprint density at radius 2 is 1.84 bits per heavy atom. The van der Waals surface area contributed by atoms with E-state index in [4.69, 9.17) is 28.9 Å². The number of piperidine rings is 2. The summed E-state index contributed by atoms with van der Waals surface area (Å²) in [5, 5.41) is 3.91. The van der Waals surface area contributed by atoms with Crippen molar-refractivity contribution in [3.63, 3.8) is 0 Å². The van der Waals surface area contributed by atoms with Gasteiger partial charge in [0.15, 0.2) is 11.6 Å². The number of carbonyl (C=O) groups is 2. The molecule has 2 aliphatic rings. The van der Waals surface area contributed by atoms with E-state index in [0.717, 1.165) is 11.2 Å². The first-order valence-corrected chi connectivity index (χ1v) is 10.7. The molecule has 2 aromatic rings. The number of nitrogens with one attached hydrogen (secondary N) is 1. The molecule has 0 bridgehead atoms. The van der Waals surface area contributed by atoms with Crippen LogP contribution in [0.25, 0.3) is 0 Å². The summed E-state index contributed by atoms with van der Waals surface area (Å²) >= 11 is 12.1. The molecule has 12 heteroatoms. The maximum atomic E-state index is 14.6. The molecule has 2 aliphatic heterocycles. The van der Waals surface area contributed by atoms with E-state index in [9.17, 15) is 18.4 Å². The minimum absolute atomic E-state index is 0.182. The van der Waals surface area contributed by atoms with Crippen molar-refractivity contribution in [2.24, 2.45) is 0 Å². The van der Waals surface area contributed by atoms with Gasteiger partial charge in [-0.25, -0.2) is 14.4 Å². The highest BCUT2D eigenvalue weighted by Crippen LogP contribution is 2.30. The molecule has 4 rings (SSSR count). The largest absolute Gasteiger partial charge is 0.381 e. The fraction of sp³-hybridized carbons (Fsp3) is 0.400. The number of carbonyl (C=O) groups excluding carboxylic acids is 2. The molecule has 32 heavy (non-hydrogen) atoms. The van der Waals surface area contributed by atoms with E-state index >= 15 is 0 Å². The lowest BCUT2D eigenvalue weighted by Crippen LogP contribution is -2.61. The zero-order valence-corrected chi connectivity index (χ0v) is 18.3. The van der Waals surface area contributed by atoms with E-state index < -0.39 is 41.6 Å². The molecule has 3 heterocycles. The Morgan fingerprint density at radius 3 is 2.56 bits per heavy atom. The first-order chi connectivity index (χ1) is 15.2. The van der Waals surface area contributed by atoms with Gasteiger partial charge >= 0.3 is 0 Å². The Kier molecular flexibility index (Phi) is 6.34. The third-order valence-electron chi connectivity index (χ3n) is 5.52. The number of amides is 2. The summed E-state index contributed by atoms with van der Waals surface area (Å²) in [6.07, 6.45) is 0.452. The SMILES string of the molecule is Nc1ncnc(N2CC(F)CC(N3CCCC(Nc4cc(Cl)cc(Cl)c4)C3=O)C2=O)c1F. The molecule has 0 spiro atoms. The van der Waals surface area contributed by atoms with Crippen LogP contribution in [0.3, 0.4) is 0 Å². The van der Waals surface area contributed by atoms with Gasteiger partial charge in [0.05, 0.1) is 6.54 Å². The lowest BCUT2D eigenvalue weighted by Gasteiger charge is -2.42. The molecular formula is C20H20Cl2F2N6O2. The number of nitrogens with two attached hydrogens (primary N) is 1. The van der Waals surface area contributed by atoms with E-state index in [0.29, 0.717) is 28.6 Å². The maximum Gasteiger partial charge on any atom is 0.251 e. The Morgan fingerprint density at radius 1 is 1.12 bits per heavy atom. The predicted molar refractivity (Wildman–Crippen MR) is 117 cm³/mol. The van der Waals surface area contributed by atoms with Crippen LogP contribution >= 0.6 is 23.2 Å². The van der Waals surface area contributed by atoms with Gasteiger partial charge in [-0.1, -0.05) is 23.2 Å². The molecule has 2 fully saturated rings. The van der Waals surface area contributed by atoms with Crippen molar-refractivity contribution >= 4 is 52.3 Å². The number of nitrogens with zero attached hydrogens (tertiary/aromatic N) is 4. The summed E-state index contributed by atoms with van der Waals surface area (Å²) in [5.74, 6) is -2.82. The van der Waals surface area contributed by atoms with Crippen LogP contribution in [0.15, 0.2) is 24.5 Å². The van der Waals surface area contributed by atoms with Gasteiger partial charge in [-0.15, -0.1) is 0 Å². The highest BCUT2D eigenvalue weighted by molar-refractivity contribution is 6.35. The fourth-order valence-electron chi connectivity index (χ4n) is 4.08. The molecular weight excluding hydrogens is 465 g/mol. The number of rotatable bonds is 4. The molecule has 8 nitrogen and oxygen atoms in total. The standard InChI is InChI=1S/C20H20Cl2F2N6O2/c21-10-4-11(22)6-13(5-10)28-14-2-1-3-29(19(14)31)15-7-12(23)8-30(20(15)32)18-16(24)17(25)26-9-27-18/h4-6,9,12,14-15,28H,1-3,7-8H2,(H2,25,26,27). The van der Waals surface area contributed by atoms with Gasteiger partial charge in [-0.2, -0.15) is 4.39 Å². The molecule has 3 atom stereocenters. The highest BCUT2D eigenvalue weighted by atomic mass is 35.5. The van der Waals surface area contributed by atoms with Crippen LogP contribution in [-0.2, 0) is 9.59 Å². The topological polar surface area (TPSA) is 104 Å². The van der Waals surface area contributed by atoms with Crippen LogP contribution in [0.5, 0.6) is 0 Å². The quantitative estimate of drug-likeness (QED) is 0.690. The molecule has 2 saturated heterocycles. The highest BCUT2D eigenvalue weighted by Gasteiger charge is 2.44. The summed E-state index contributed by atoms with van der Waals surface area (Å²) in [6, 6.07) is 3.10. The van der Waals surface area contributed by atoms with Crippen LogP contribution < -0.4 is 16.0 Å². The van der Waals surface area contributed by atoms with Crippen LogP contribution in [0.1, 0.15) is 19.3 Å². The molecule has 3 unspecified atom stereocenters. The van der Waals surface area contributed by atoms with Crippen LogP contribution in [-0.4, -0.2) is 58.0 Å². The van der Waals surface area contributed by atoms with Crippen LogP contribution in [0.4, 0.5) is 26.1 Å². The van der Waals surface area contributed by atoms with E-state index in [1.807, 2.05) is 0 Å². The fourth-order valence-corrected chi connectivity index (χ4v) is 4.61. The second-order valence-corrected chi connectivity index (χ2v) is 8.60. The van der Waals surface area contributed by atoms with Crippen molar-refractivity contribution in [2.45, 2.75) is 37.5 Å². The lowest BCUT2D eigenvalue weighted by molar-refractivity contribution is -0.144. The second-order valence-electron chi connectivity index (χ2n) is 7.72. The summed E-state index contributed by atoms with van der Waals surface area (Å²) < 4.78 is 29.0. The molecule has 170 valence electrons. The maximum absolute atomic E-state index is 14.6. The number of halogens is 4. The number of hydrogen-bond donors (Lipinski definition) is 2. The minimum atomic E-state index is -1.47. The zero-order chi connectivity index (χ0) is 23.0. The van der Waals surface area contributed by atoms with E-state index in [1.54, 1.807) is 18.2 Å². The number of nitrogen functional groups attached to an aromatic ring is 1. The number of likely N-dealkylation sites (tertiary alicyclic amines) is 1. The van der Waals surface area contributed by atoms with Gasteiger partial charge in [0.2, 0.25) is 11.7 Å². The van der Waals surface area contributed by atoms with Crippen molar-refractivity contribution in [3.05, 3.63) is 40.4 Å². The van der Waals surface area contributed by atoms with Crippen molar-refractivity contribution < 1.29 is 18.4 Å². The summed E-state index contributed by atoms with van der Waals surface area (Å²) in [7, 11) is 0. The molecule has 0 saturated carbocycles. The third kappa shape index (κ3) is 4.42. The van der Waals surface area contributed by atoms with Crippen molar-refractivity contribution in [3.8, 4) is 0 Å². The number of alkyl halides is 1. The average Bonchev–Trinajstić information content (AvgIpc) is 2.73. The Labute approximate surface area is 192 Å². The molecule has 1 aromatic heterocycles. The van der Waals surface area contributed by atoms with E-state index in [1.165, 1.54) is 4.90 Å². The van der Waals surface area contributed by atoms with Crippen LogP contribution in [0, 0.1) is 5.82 Å². The molecule has 3 N–H and O–H groups in total. The Bertz CT molecular complexity index is 1040. The lowest BCUT2D eigenvalue weighted by atomic mass is 9.96. The van der Waals surface area contributed by atoms with Crippen molar-refractivity contribution in [1.82, 2.24) is 14.9 Å². The smallest absolute Gasteiger partial charge is 0.251 e. The Hall–Kier alpha value is -2.72. The zero-order valence-electron chi connectivity index (χ0n) is 16.8. The van der Waals surface area contributed by atoms with Gasteiger partial charge in [-0.05, 0) is 31.0 Å². The average molecular weight is 485 g/mol. The first kappa shape index (κ1) is 22.5. The summed E-state index contributed by atoms with van der Waals surface area (Å²) in [6.45, 7) is -0.105. The molecule has 0 aliphatic carbocycles. The molecule has 0 radical (unpaired) electrons. The van der Waals surface area contributed by atoms with Gasteiger partial charge in [0, 0.05) is 28.7 Å². The molecule has 2 amide bonds. The van der Waals surface area contributed by atoms with Gasteiger partial charge in [-0.3, -0.25) is 14.5 Å². The molecule has 1 aromatic carbocycles.